The van der Waals surface area contributed by atoms with Crippen LogP contribution in [0.4, 0.5) is 5.82 Å². The van der Waals surface area contributed by atoms with E-state index in [2.05, 4.69) is 35.6 Å². The smallest absolute Gasteiger partial charge is 0.387 e. The average Bonchev–Trinajstić information content (AvgIpc) is 3.16. The van der Waals surface area contributed by atoms with E-state index in [-0.39, 0.29) is 17.0 Å². The Labute approximate surface area is 162 Å². The van der Waals surface area contributed by atoms with Gasteiger partial charge < -0.3 is 35.0 Å². The summed E-state index contributed by atoms with van der Waals surface area (Å²) in [5.74, 6) is 0.126. The normalized spacial score (nSPS) is 29.6. The van der Waals surface area contributed by atoms with Crippen molar-refractivity contribution in [2.45, 2.75) is 24.5 Å². The summed E-state index contributed by atoms with van der Waals surface area (Å²) in [6.45, 7) is -4.73. The first-order chi connectivity index (χ1) is 13.0. The van der Waals surface area contributed by atoms with Gasteiger partial charge in [0.1, 0.15) is 30.2 Å². The number of nitrogens with zero attached hydrogens (tertiary/aromatic N) is 4. The van der Waals surface area contributed by atoms with Crippen LogP contribution in [-0.4, -0.2) is 71.5 Å². The maximum atomic E-state index is 11.3. The minimum Gasteiger partial charge on any atom is -0.387 e. The maximum Gasteiger partial charge on any atom is 0.479 e. The van der Waals surface area contributed by atoms with Crippen LogP contribution in [0.15, 0.2) is 12.7 Å². The molecule has 0 bridgehead atoms. The standard InChI is InChI=1S/C11H17N5O9P2S/c1-22-26(19,20)25-27(21,28)23-2-5-7(17)8(18)11(24-5)16-4-15-6-9(12)13-3-14-10(6)16/h3-5,7-8,11,17-18H,2H2,1H3,(H,19,20)(H,21,28)(H2,12,13,14)/t5-,7-,8-,11-,27?/m1/s1. The van der Waals surface area contributed by atoms with Gasteiger partial charge in [0, 0.05) is 7.11 Å². The molecule has 2 aromatic heterocycles. The number of ether oxygens (including phenoxy) is 1. The van der Waals surface area contributed by atoms with Crippen molar-refractivity contribution in [1.29, 1.82) is 0 Å². The van der Waals surface area contributed by atoms with E-state index >= 15 is 0 Å². The van der Waals surface area contributed by atoms with E-state index in [1.54, 1.807) is 0 Å². The van der Waals surface area contributed by atoms with E-state index in [0.29, 0.717) is 0 Å². The van der Waals surface area contributed by atoms with Crippen molar-refractivity contribution in [2.24, 2.45) is 0 Å². The van der Waals surface area contributed by atoms with E-state index < -0.39 is 45.7 Å². The number of rotatable bonds is 7. The lowest BCUT2D eigenvalue weighted by Gasteiger charge is -2.20. The number of aliphatic hydroxyl groups excluding tert-OH is 2. The molecule has 3 rings (SSSR count). The summed E-state index contributed by atoms with van der Waals surface area (Å²) >= 11 is 4.61. The van der Waals surface area contributed by atoms with E-state index in [1.807, 2.05) is 0 Å². The lowest BCUT2D eigenvalue weighted by molar-refractivity contribution is -0.0486. The molecular weight excluding hydrogens is 440 g/mol. The first kappa shape index (κ1) is 21.6. The molecule has 0 aromatic carbocycles. The minimum atomic E-state index is -4.59. The van der Waals surface area contributed by atoms with Gasteiger partial charge >= 0.3 is 14.5 Å². The SMILES string of the molecule is COP(=O)(O)OP(O)(=S)OC[C@H]1O[C@@H](n2cnc3c(N)ncnc32)[C@H](O)[C@@H]1O. The lowest BCUT2D eigenvalue weighted by atomic mass is 10.1. The molecule has 1 saturated heterocycles. The molecule has 0 aliphatic carbocycles. The van der Waals surface area contributed by atoms with Crippen LogP contribution in [0.3, 0.4) is 0 Å². The van der Waals surface area contributed by atoms with Crippen molar-refractivity contribution in [3.05, 3.63) is 12.7 Å². The third kappa shape index (κ3) is 4.40. The summed E-state index contributed by atoms with van der Waals surface area (Å²) < 4.78 is 31.7. The molecule has 1 fully saturated rings. The average molecular weight is 457 g/mol. The van der Waals surface area contributed by atoms with E-state index in [9.17, 15) is 24.6 Å². The molecule has 0 amide bonds. The molecule has 2 aromatic rings. The summed E-state index contributed by atoms with van der Waals surface area (Å²) in [6, 6.07) is 0. The first-order valence-electron chi connectivity index (χ1n) is 7.56. The monoisotopic (exact) mass is 457 g/mol. The van der Waals surface area contributed by atoms with E-state index in [4.69, 9.17) is 15.0 Å². The molecule has 1 aliphatic heterocycles. The van der Waals surface area contributed by atoms with E-state index in [1.165, 1.54) is 17.2 Å². The van der Waals surface area contributed by atoms with Crippen LogP contribution in [0.1, 0.15) is 6.23 Å². The number of aromatic nitrogens is 4. The van der Waals surface area contributed by atoms with Gasteiger partial charge in [0.25, 0.3) is 0 Å². The van der Waals surface area contributed by atoms with Crippen molar-refractivity contribution in [1.82, 2.24) is 19.5 Å². The first-order valence-corrected chi connectivity index (χ1v) is 11.6. The summed E-state index contributed by atoms with van der Waals surface area (Å²) in [6.07, 6.45) is -2.61. The number of fused-ring (bicyclic) bond motifs is 1. The Morgan fingerprint density at radius 2 is 2.04 bits per heavy atom. The molecule has 2 unspecified atom stereocenters. The van der Waals surface area contributed by atoms with Crippen molar-refractivity contribution in [3.8, 4) is 0 Å². The third-order valence-electron chi connectivity index (χ3n) is 3.84. The number of anilines is 1. The number of phosphoric ester groups is 1. The predicted molar refractivity (Wildman–Crippen MR) is 96.0 cm³/mol. The van der Waals surface area contributed by atoms with Gasteiger partial charge in [-0.05, 0) is 11.8 Å². The van der Waals surface area contributed by atoms with Crippen LogP contribution in [0.5, 0.6) is 0 Å². The van der Waals surface area contributed by atoms with Gasteiger partial charge in [-0.15, -0.1) is 0 Å². The fraction of sp³-hybridized carbons (Fsp3) is 0.545. The van der Waals surface area contributed by atoms with Crippen molar-refractivity contribution >= 4 is 43.3 Å². The molecule has 0 saturated carbocycles. The van der Waals surface area contributed by atoms with Crippen molar-refractivity contribution in [2.75, 3.05) is 19.5 Å². The zero-order valence-electron chi connectivity index (χ0n) is 14.2. The second-order valence-corrected chi connectivity index (χ2v) is 10.2. The Balaban J connectivity index is 1.73. The number of imidazole rings is 1. The van der Waals surface area contributed by atoms with Gasteiger partial charge in [0.2, 0.25) is 0 Å². The number of hydrogen-bond donors (Lipinski definition) is 5. The van der Waals surface area contributed by atoms with Crippen LogP contribution in [-0.2, 0) is 34.5 Å². The van der Waals surface area contributed by atoms with Gasteiger partial charge in [-0.1, -0.05) is 0 Å². The highest BCUT2D eigenvalue weighted by atomic mass is 32.5. The Hall–Kier alpha value is -1.09. The molecule has 6 atom stereocenters. The van der Waals surface area contributed by atoms with Crippen molar-refractivity contribution < 1.29 is 42.7 Å². The quantitative estimate of drug-likeness (QED) is 0.317. The number of hydrogen-bond acceptors (Lipinski definition) is 12. The topological polar surface area (TPSA) is 205 Å². The van der Waals surface area contributed by atoms with Crippen LogP contribution >= 0.6 is 14.5 Å². The molecule has 17 heteroatoms. The second-order valence-electron chi connectivity index (χ2n) is 5.63. The summed E-state index contributed by atoms with van der Waals surface area (Å²) in [5, 5.41) is 20.5. The summed E-state index contributed by atoms with van der Waals surface area (Å²) in [7, 11) is -3.71. The molecule has 14 nitrogen and oxygen atoms in total. The molecule has 1 aliphatic rings. The molecule has 156 valence electrons. The molecule has 0 spiro atoms. The number of aliphatic hydroxyl groups is 2. The van der Waals surface area contributed by atoms with Gasteiger partial charge in [-0.25, -0.2) is 23.8 Å². The van der Waals surface area contributed by atoms with Crippen molar-refractivity contribution in [3.63, 3.8) is 0 Å². The minimum absolute atomic E-state index is 0.126. The Morgan fingerprint density at radius 1 is 1.32 bits per heavy atom. The van der Waals surface area contributed by atoms with Gasteiger partial charge in [0.15, 0.2) is 17.7 Å². The highest BCUT2D eigenvalue weighted by Gasteiger charge is 2.45. The molecule has 0 radical (unpaired) electrons. The zero-order chi connectivity index (χ0) is 20.7. The highest BCUT2D eigenvalue weighted by molar-refractivity contribution is 8.08. The van der Waals surface area contributed by atoms with Gasteiger partial charge in [-0.2, -0.15) is 0 Å². The Kier molecular flexibility index (Phi) is 6.15. The molecule has 28 heavy (non-hydrogen) atoms. The van der Waals surface area contributed by atoms with Crippen LogP contribution in [0.25, 0.3) is 11.2 Å². The number of nitrogens with two attached hydrogens (primary N) is 1. The molecular formula is C11H17N5O9P2S. The van der Waals surface area contributed by atoms with E-state index in [0.717, 1.165) is 7.11 Å². The molecule has 3 heterocycles. The highest BCUT2D eigenvalue weighted by Crippen LogP contribution is 2.60. The van der Waals surface area contributed by atoms with Gasteiger partial charge in [0.05, 0.1) is 12.9 Å². The third-order valence-corrected chi connectivity index (χ3v) is 7.34. The fourth-order valence-corrected chi connectivity index (χ4v) is 5.28. The van der Waals surface area contributed by atoms with Crippen LogP contribution in [0, 0.1) is 0 Å². The molecule has 6 N–H and O–H groups in total. The summed E-state index contributed by atoms with van der Waals surface area (Å²) in [4.78, 5) is 30.9. The van der Waals surface area contributed by atoms with Gasteiger partial charge in [-0.3, -0.25) is 9.09 Å². The maximum absolute atomic E-state index is 11.3. The second kappa shape index (κ2) is 7.97. The van der Waals surface area contributed by atoms with Crippen LogP contribution in [0.2, 0.25) is 0 Å². The van der Waals surface area contributed by atoms with Crippen LogP contribution < -0.4 is 5.73 Å². The largest absolute Gasteiger partial charge is 0.479 e. The predicted octanol–water partition coefficient (Wildman–Crippen LogP) is -0.976. The fourth-order valence-electron chi connectivity index (χ4n) is 2.51. The Bertz CT molecular complexity index is 960. The summed E-state index contributed by atoms with van der Waals surface area (Å²) in [5.41, 5.74) is 6.26. The Morgan fingerprint density at radius 3 is 2.71 bits per heavy atom. The number of nitrogen functional groups attached to an aromatic ring is 1. The lowest BCUT2D eigenvalue weighted by Crippen LogP contribution is -2.33. The zero-order valence-corrected chi connectivity index (χ0v) is 16.8. The number of phosphoric acid groups is 1.